The highest BCUT2D eigenvalue weighted by Crippen LogP contribution is 2.33. The molecule has 0 bridgehead atoms. The van der Waals surface area contributed by atoms with Gasteiger partial charge >= 0.3 is 0 Å². The van der Waals surface area contributed by atoms with Crippen LogP contribution in [0.5, 0.6) is 0 Å². The second-order valence-corrected chi connectivity index (χ2v) is 8.87. The van der Waals surface area contributed by atoms with Crippen LogP contribution in [0.4, 0.5) is 10.3 Å². The summed E-state index contributed by atoms with van der Waals surface area (Å²) in [6, 6.07) is 12.1. The fourth-order valence-corrected chi connectivity index (χ4v) is 4.41. The van der Waals surface area contributed by atoms with Crippen LogP contribution in [0.15, 0.2) is 81.6 Å². The molecule has 4 aromatic rings. The van der Waals surface area contributed by atoms with Crippen molar-refractivity contribution in [2.75, 3.05) is 11.9 Å². The first kappa shape index (κ1) is 20.8. The highest BCUT2D eigenvalue weighted by molar-refractivity contribution is 7.91. The number of hydrogen-bond acceptors (Lipinski definition) is 6. The Bertz CT molecular complexity index is 1270. The van der Waals surface area contributed by atoms with E-state index in [2.05, 4.69) is 15.3 Å². The predicted molar refractivity (Wildman–Crippen MR) is 114 cm³/mol. The molecule has 1 N–H and O–H groups in total. The van der Waals surface area contributed by atoms with E-state index >= 15 is 0 Å². The third kappa shape index (κ3) is 4.51. The van der Waals surface area contributed by atoms with Gasteiger partial charge in [-0.3, -0.25) is 0 Å². The fraction of sp³-hybridized carbons (Fsp3) is 0.182. The number of imidazole rings is 1. The van der Waals surface area contributed by atoms with E-state index < -0.39 is 15.7 Å². The molecule has 31 heavy (non-hydrogen) atoms. The van der Waals surface area contributed by atoms with Crippen LogP contribution < -0.4 is 5.32 Å². The molecule has 0 spiro atoms. The van der Waals surface area contributed by atoms with Crippen LogP contribution in [0.2, 0.25) is 0 Å². The number of halogens is 1. The van der Waals surface area contributed by atoms with Gasteiger partial charge < -0.3 is 14.3 Å². The minimum atomic E-state index is -4.02. The zero-order valence-corrected chi connectivity index (χ0v) is 17.6. The molecule has 0 atom stereocenters. The van der Waals surface area contributed by atoms with Crippen molar-refractivity contribution < 1.29 is 17.2 Å². The van der Waals surface area contributed by atoms with E-state index in [1.165, 1.54) is 12.1 Å². The van der Waals surface area contributed by atoms with Gasteiger partial charge in [0.05, 0.1) is 11.2 Å². The highest BCUT2D eigenvalue weighted by atomic mass is 32.2. The van der Waals surface area contributed by atoms with Crippen molar-refractivity contribution in [1.82, 2.24) is 14.5 Å². The Morgan fingerprint density at radius 2 is 1.90 bits per heavy atom. The van der Waals surface area contributed by atoms with E-state index in [1.54, 1.807) is 12.5 Å². The molecule has 160 valence electrons. The van der Waals surface area contributed by atoms with Crippen LogP contribution in [0.1, 0.15) is 12.0 Å². The van der Waals surface area contributed by atoms with Crippen LogP contribution in [0.3, 0.4) is 0 Å². The second kappa shape index (κ2) is 8.73. The summed E-state index contributed by atoms with van der Waals surface area (Å²) in [4.78, 5) is 8.26. The molecule has 2 aromatic carbocycles. The molecule has 0 amide bonds. The molecular weight excluding hydrogens is 419 g/mol. The van der Waals surface area contributed by atoms with E-state index in [0.29, 0.717) is 25.1 Å². The summed E-state index contributed by atoms with van der Waals surface area (Å²) in [5.74, 6) is -0.248. The second-order valence-electron chi connectivity index (χ2n) is 7.01. The van der Waals surface area contributed by atoms with Crippen molar-refractivity contribution >= 4 is 15.7 Å². The lowest BCUT2D eigenvalue weighted by molar-refractivity contribution is 0.571. The van der Waals surface area contributed by atoms with Gasteiger partial charge in [0.2, 0.25) is 26.6 Å². The van der Waals surface area contributed by atoms with Crippen LogP contribution in [-0.4, -0.2) is 29.5 Å². The van der Waals surface area contributed by atoms with Crippen molar-refractivity contribution in [3.63, 3.8) is 0 Å². The first-order chi connectivity index (χ1) is 14.9. The Balaban J connectivity index is 1.66. The van der Waals surface area contributed by atoms with Gasteiger partial charge in [-0.25, -0.2) is 17.8 Å². The number of anilines is 1. The number of aromatic nitrogens is 3. The van der Waals surface area contributed by atoms with E-state index in [0.717, 1.165) is 17.7 Å². The largest absolute Gasteiger partial charge is 0.419 e. The molecule has 0 radical (unpaired) electrons. The Kier molecular flexibility index (Phi) is 5.85. The van der Waals surface area contributed by atoms with Gasteiger partial charge in [-0.1, -0.05) is 18.2 Å². The first-order valence-electron chi connectivity index (χ1n) is 9.72. The third-order valence-corrected chi connectivity index (χ3v) is 6.47. The normalized spacial score (nSPS) is 11.5. The molecule has 9 heteroatoms. The summed E-state index contributed by atoms with van der Waals surface area (Å²) in [7, 11) is -4.02. The molecular formula is C22H21FN4O3S. The summed E-state index contributed by atoms with van der Waals surface area (Å²) >= 11 is 0. The molecule has 2 aromatic heterocycles. The van der Waals surface area contributed by atoms with E-state index in [-0.39, 0.29) is 21.7 Å². The first-order valence-corrected chi connectivity index (χ1v) is 11.2. The standard InChI is InChI=1S/C22H21FN4O3S/c1-16-5-2-3-6-19(16)20-26-22(31(28,29)18-9-7-17(23)8-10-18)21(30-20)25-11-4-13-27-14-12-24-15-27/h2-3,5-10,12,14-15,25H,4,11,13H2,1H3. The van der Waals surface area contributed by atoms with Crippen LogP contribution in [0.25, 0.3) is 11.5 Å². The number of nitrogens with one attached hydrogen (secondary N) is 1. The Labute approximate surface area is 179 Å². The van der Waals surface area contributed by atoms with Gasteiger partial charge in [-0.2, -0.15) is 4.98 Å². The predicted octanol–water partition coefficient (Wildman–Crippen LogP) is 4.32. The molecule has 0 aliphatic rings. The lowest BCUT2D eigenvalue weighted by atomic mass is 10.1. The van der Waals surface area contributed by atoms with Crippen LogP contribution >= 0.6 is 0 Å². The maximum absolute atomic E-state index is 13.3. The zero-order valence-electron chi connectivity index (χ0n) is 16.8. The van der Waals surface area contributed by atoms with Gasteiger partial charge in [-0.15, -0.1) is 0 Å². The van der Waals surface area contributed by atoms with Gasteiger partial charge in [0.1, 0.15) is 5.82 Å². The maximum Gasteiger partial charge on any atom is 0.233 e. The van der Waals surface area contributed by atoms with E-state index in [1.807, 2.05) is 42.0 Å². The number of oxazole rings is 1. The summed E-state index contributed by atoms with van der Waals surface area (Å²) in [5.41, 5.74) is 1.60. The molecule has 4 rings (SSSR count). The van der Waals surface area contributed by atoms with Crippen molar-refractivity contribution in [2.24, 2.45) is 0 Å². The van der Waals surface area contributed by atoms with Crippen molar-refractivity contribution in [2.45, 2.75) is 29.8 Å². The van der Waals surface area contributed by atoms with Crippen LogP contribution in [-0.2, 0) is 16.4 Å². The summed E-state index contributed by atoms with van der Waals surface area (Å²) in [6.45, 7) is 3.07. The molecule has 2 heterocycles. The molecule has 0 saturated heterocycles. The van der Waals surface area contributed by atoms with Gasteiger partial charge in [0.25, 0.3) is 0 Å². The average Bonchev–Trinajstić information content (AvgIpc) is 3.42. The summed E-state index contributed by atoms with van der Waals surface area (Å²) < 4.78 is 47.5. The SMILES string of the molecule is Cc1ccccc1-c1nc(S(=O)(=O)c2ccc(F)cc2)c(NCCCn2ccnc2)o1. The Morgan fingerprint density at radius 3 is 2.61 bits per heavy atom. The lowest BCUT2D eigenvalue weighted by Crippen LogP contribution is -2.10. The van der Waals surface area contributed by atoms with Gasteiger partial charge in [0, 0.05) is 31.0 Å². The minimum absolute atomic E-state index is 0.0556. The van der Waals surface area contributed by atoms with Crippen molar-refractivity contribution in [3.8, 4) is 11.5 Å². The topological polar surface area (TPSA) is 90.0 Å². The number of benzene rings is 2. The van der Waals surface area contributed by atoms with E-state index in [4.69, 9.17) is 4.42 Å². The van der Waals surface area contributed by atoms with Crippen LogP contribution in [0, 0.1) is 12.7 Å². The van der Waals surface area contributed by atoms with Crippen molar-refractivity contribution in [3.05, 3.63) is 78.6 Å². The highest BCUT2D eigenvalue weighted by Gasteiger charge is 2.28. The minimum Gasteiger partial charge on any atom is -0.419 e. The monoisotopic (exact) mass is 440 g/mol. The summed E-state index contributed by atoms with van der Waals surface area (Å²) in [6.07, 6.45) is 5.99. The Hall–Kier alpha value is -3.46. The quantitative estimate of drug-likeness (QED) is 0.324. The molecule has 0 aliphatic heterocycles. The maximum atomic E-state index is 13.3. The molecule has 7 nitrogen and oxygen atoms in total. The Morgan fingerprint density at radius 1 is 1.13 bits per heavy atom. The number of hydrogen-bond donors (Lipinski definition) is 1. The van der Waals surface area contributed by atoms with Gasteiger partial charge in [-0.05, 0) is 49.2 Å². The number of aryl methyl sites for hydroxylation is 2. The van der Waals surface area contributed by atoms with E-state index in [9.17, 15) is 12.8 Å². The third-order valence-electron chi connectivity index (χ3n) is 4.79. The molecule has 0 aliphatic carbocycles. The average molecular weight is 441 g/mol. The molecule has 0 fully saturated rings. The smallest absolute Gasteiger partial charge is 0.233 e. The fourth-order valence-electron chi connectivity index (χ4n) is 3.14. The summed E-state index contributed by atoms with van der Waals surface area (Å²) in [5, 5.41) is 2.83. The number of nitrogens with zero attached hydrogens (tertiary/aromatic N) is 3. The zero-order chi connectivity index (χ0) is 21.8. The number of sulfone groups is 1. The molecule has 0 unspecified atom stereocenters. The molecule has 0 saturated carbocycles. The van der Waals surface area contributed by atoms with Gasteiger partial charge in [0.15, 0.2) is 0 Å². The van der Waals surface area contributed by atoms with Crippen molar-refractivity contribution in [1.29, 1.82) is 0 Å². The lowest BCUT2D eigenvalue weighted by Gasteiger charge is -2.06. The number of rotatable bonds is 8.